The van der Waals surface area contributed by atoms with Crippen molar-refractivity contribution in [3.8, 4) is 11.4 Å². The van der Waals surface area contributed by atoms with Crippen molar-refractivity contribution in [3.05, 3.63) is 105 Å². The lowest BCUT2D eigenvalue weighted by Gasteiger charge is -2.13. The van der Waals surface area contributed by atoms with Crippen LogP contribution in [0, 0.1) is 6.92 Å². The minimum absolute atomic E-state index is 0.202. The van der Waals surface area contributed by atoms with Crippen LogP contribution in [-0.2, 0) is 0 Å². The van der Waals surface area contributed by atoms with Gasteiger partial charge in [0.05, 0.1) is 10.6 Å². The Morgan fingerprint density at radius 1 is 0.929 bits per heavy atom. The number of para-hydroxylation sites is 1. The van der Waals surface area contributed by atoms with Crippen molar-refractivity contribution < 1.29 is 9.53 Å². The molecule has 138 valence electrons. The van der Waals surface area contributed by atoms with Crippen LogP contribution in [-0.4, -0.2) is 10.5 Å². The topological polar surface area (TPSA) is 48.3 Å². The second kappa shape index (κ2) is 7.33. The third-order valence-corrected chi connectivity index (χ3v) is 4.78. The zero-order valence-corrected chi connectivity index (χ0v) is 15.8. The van der Waals surface area contributed by atoms with E-state index in [2.05, 4.69) is 0 Å². The smallest absolute Gasteiger partial charge is 0.345 e. The molecule has 0 N–H and O–H groups in total. The molecular weight excluding hydrogens is 374 g/mol. The molecule has 4 nitrogen and oxygen atoms in total. The van der Waals surface area contributed by atoms with Crippen LogP contribution in [0.3, 0.4) is 0 Å². The van der Waals surface area contributed by atoms with Gasteiger partial charge in [-0.2, -0.15) is 0 Å². The fourth-order valence-corrected chi connectivity index (χ4v) is 3.23. The molecule has 0 aliphatic carbocycles. The van der Waals surface area contributed by atoms with Crippen LogP contribution < -0.4 is 10.3 Å². The Kier molecular flexibility index (Phi) is 4.72. The summed E-state index contributed by atoms with van der Waals surface area (Å²) in [4.78, 5) is 25.9. The van der Waals surface area contributed by atoms with Crippen LogP contribution in [0.2, 0.25) is 5.02 Å². The van der Waals surface area contributed by atoms with Gasteiger partial charge in [0.15, 0.2) is 0 Å². The molecule has 1 heterocycles. The number of pyridine rings is 1. The maximum absolute atomic E-state index is 13.0. The predicted octanol–water partition coefficient (Wildman–Crippen LogP) is 5.17. The van der Waals surface area contributed by atoms with Gasteiger partial charge < -0.3 is 4.74 Å². The average molecular weight is 390 g/mol. The van der Waals surface area contributed by atoms with Crippen molar-refractivity contribution in [2.45, 2.75) is 6.92 Å². The van der Waals surface area contributed by atoms with Gasteiger partial charge in [0.25, 0.3) is 5.56 Å². The zero-order chi connectivity index (χ0) is 19.7. The summed E-state index contributed by atoms with van der Waals surface area (Å²) in [5.41, 5.74) is 1.68. The van der Waals surface area contributed by atoms with E-state index in [1.165, 1.54) is 10.8 Å². The van der Waals surface area contributed by atoms with Crippen LogP contribution >= 0.6 is 11.6 Å². The minimum atomic E-state index is -0.576. The molecule has 1 aromatic heterocycles. The van der Waals surface area contributed by atoms with E-state index < -0.39 is 5.97 Å². The lowest BCUT2D eigenvalue weighted by Crippen LogP contribution is -2.22. The van der Waals surface area contributed by atoms with Gasteiger partial charge in [-0.15, -0.1) is 0 Å². The first-order valence-electron chi connectivity index (χ1n) is 8.73. The number of benzene rings is 3. The SMILES string of the molecule is Cc1ccc(Cl)c(OC(=O)c2cn(-c3ccccc3)c(=O)c3ccccc23)c1. The number of nitrogens with zero attached hydrogens (tertiary/aromatic N) is 1. The fourth-order valence-electron chi connectivity index (χ4n) is 3.08. The number of hydrogen-bond donors (Lipinski definition) is 0. The van der Waals surface area contributed by atoms with E-state index in [4.69, 9.17) is 16.3 Å². The van der Waals surface area contributed by atoms with E-state index in [1.807, 2.05) is 43.3 Å². The first-order chi connectivity index (χ1) is 13.5. The van der Waals surface area contributed by atoms with Gasteiger partial charge in [0.2, 0.25) is 0 Å². The molecule has 0 aliphatic rings. The Balaban J connectivity index is 1.88. The molecule has 0 saturated heterocycles. The summed E-state index contributed by atoms with van der Waals surface area (Å²) in [7, 11) is 0. The molecule has 4 aromatic rings. The van der Waals surface area contributed by atoms with Crippen LogP contribution in [0.15, 0.2) is 83.8 Å². The molecular formula is C23H16ClNO3. The third-order valence-electron chi connectivity index (χ3n) is 4.47. The summed E-state index contributed by atoms with van der Waals surface area (Å²) in [6.45, 7) is 1.89. The Bertz CT molecular complexity index is 1250. The number of fused-ring (bicyclic) bond motifs is 1. The van der Waals surface area contributed by atoms with Gasteiger partial charge in [-0.05, 0) is 42.8 Å². The molecule has 0 fully saturated rings. The highest BCUT2D eigenvalue weighted by Crippen LogP contribution is 2.27. The van der Waals surface area contributed by atoms with Crippen molar-refractivity contribution >= 4 is 28.3 Å². The number of aryl methyl sites for hydroxylation is 1. The Labute approximate surface area is 166 Å². The molecule has 0 atom stereocenters. The first-order valence-corrected chi connectivity index (χ1v) is 9.10. The van der Waals surface area contributed by atoms with Gasteiger partial charge in [0.1, 0.15) is 5.75 Å². The highest BCUT2D eigenvalue weighted by atomic mass is 35.5. The van der Waals surface area contributed by atoms with Crippen molar-refractivity contribution in [3.63, 3.8) is 0 Å². The molecule has 0 bridgehead atoms. The standard InChI is InChI=1S/C23H16ClNO3/c1-15-11-12-20(24)21(13-15)28-23(27)19-14-25(16-7-3-2-4-8-16)22(26)18-10-6-5-9-17(18)19/h2-14H,1H3. The van der Waals surface area contributed by atoms with Crippen LogP contribution in [0.25, 0.3) is 16.5 Å². The summed E-state index contributed by atoms with van der Waals surface area (Å²) in [5, 5.41) is 1.32. The van der Waals surface area contributed by atoms with E-state index in [0.717, 1.165) is 5.56 Å². The molecule has 0 radical (unpaired) electrons. The quantitative estimate of drug-likeness (QED) is 0.358. The van der Waals surface area contributed by atoms with Crippen molar-refractivity contribution in [1.82, 2.24) is 4.57 Å². The molecule has 0 spiro atoms. The van der Waals surface area contributed by atoms with Gasteiger partial charge in [-0.3, -0.25) is 9.36 Å². The molecule has 0 aliphatic heterocycles. The highest BCUT2D eigenvalue weighted by molar-refractivity contribution is 6.32. The number of hydrogen-bond acceptors (Lipinski definition) is 3. The predicted molar refractivity (Wildman–Crippen MR) is 111 cm³/mol. The van der Waals surface area contributed by atoms with E-state index in [0.29, 0.717) is 21.5 Å². The fraction of sp³-hybridized carbons (Fsp3) is 0.0435. The minimum Gasteiger partial charge on any atom is -0.421 e. The van der Waals surface area contributed by atoms with Crippen LogP contribution in [0.1, 0.15) is 15.9 Å². The monoisotopic (exact) mass is 389 g/mol. The summed E-state index contributed by atoms with van der Waals surface area (Å²) < 4.78 is 7.02. The molecule has 3 aromatic carbocycles. The van der Waals surface area contributed by atoms with E-state index in [9.17, 15) is 9.59 Å². The van der Waals surface area contributed by atoms with E-state index >= 15 is 0 Å². The number of carbonyl (C=O) groups is 1. The number of carbonyl (C=O) groups excluding carboxylic acids is 1. The number of esters is 1. The summed E-state index contributed by atoms with van der Waals surface area (Å²) >= 11 is 6.17. The summed E-state index contributed by atoms with van der Waals surface area (Å²) in [6, 6.07) is 21.4. The molecule has 0 saturated carbocycles. The molecule has 0 unspecified atom stereocenters. The maximum atomic E-state index is 13.0. The Hall–Kier alpha value is -3.37. The normalized spacial score (nSPS) is 10.8. The largest absolute Gasteiger partial charge is 0.421 e. The average Bonchev–Trinajstić information content (AvgIpc) is 2.72. The van der Waals surface area contributed by atoms with Gasteiger partial charge in [-0.25, -0.2) is 4.79 Å². The van der Waals surface area contributed by atoms with E-state index in [-0.39, 0.29) is 16.9 Å². The number of rotatable bonds is 3. The molecule has 0 amide bonds. The van der Waals surface area contributed by atoms with Gasteiger partial charge in [-0.1, -0.05) is 54.1 Å². The third kappa shape index (κ3) is 3.30. The second-order valence-electron chi connectivity index (χ2n) is 6.42. The van der Waals surface area contributed by atoms with E-state index in [1.54, 1.807) is 36.4 Å². The van der Waals surface area contributed by atoms with Gasteiger partial charge >= 0.3 is 5.97 Å². The summed E-state index contributed by atoms with van der Waals surface area (Å²) in [5.74, 6) is -0.290. The van der Waals surface area contributed by atoms with Crippen molar-refractivity contribution in [2.24, 2.45) is 0 Å². The van der Waals surface area contributed by atoms with Crippen molar-refractivity contribution in [2.75, 3.05) is 0 Å². The Morgan fingerprint density at radius 3 is 2.36 bits per heavy atom. The zero-order valence-electron chi connectivity index (χ0n) is 15.1. The van der Waals surface area contributed by atoms with Crippen LogP contribution in [0.4, 0.5) is 0 Å². The number of aromatic nitrogens is 1. The molecule has 28 heavy (non-hydrogen) atoms. The molecule has 4 rings (SSSR count). The molecule has 5 heteroatoms. The summed E-state index contributed by atoms with van der Waals surface area (Å²) in [6.07, 6.45) is 1.52. The number of ether oxygens (including phenoxy) is 1. The number of halogens is 1. The second-order valence-corrected chi connectivity index (χ2v) is 6.83. The lowest BCUT2D eigenvalue weighted by molar-refractivity contribution is 0.0736. The highest BCUT2D eigenvalue weighted by Gasteiger charge is 2.18. The Morgan fingerprint density at radius 2 is 1.61 bits per heavy atom. The van der Waals surface area contributed by atoms with Crippen LogP contribution in [0.5, 0.6) is 5.75 Å². The van der Waals surface area contributed by atoms with Gasteiger partial charge in [0, 0.05) is 22.7 Å². The first kappa shape index (κ1) is 18.0. The van der Waals surface area contributed by atoms with Crippen molar-refractivity contribution in [1.29, 1.82) is 0 Å². The maximum Gasteiger partial charge on any atom is 0.345 e. The lowest BCUT2D eigenvalue weighted by atomic mass is 10.1.